The number of rotatable bonds is 11. The molecule has 0 bridgehead atoms. The van der Waals surface area contributed by atoms with Crippen LogP contribution in [0.5, 0.6) is 0 Å². The molecule has 5 aromatic rings. The van der Waals surface area contributed by atoms with Crippen molar-refractivity contribution < 1.29 is 53.8 Å². The van der Waals surface area contributed by atoms with Crippen LogP contribution in [0.1, 0.15) is 63.9 Å². The van der Waals surface area contributed by atoms with Gasteiger partial charge in [0.2, 0.25) is 5.91 Å². The molecule has 2 aliphatic heterocycles. The van der Waals surface area contributed by atoms with Gasteiger partial charge in [-0.25, -0.2) is 35.7 Å². The van der Waals surface area contributed by atoms with E-state index >= 15 is 8.78 Å². The van der Waals surface area contributed by atoms with E-state index in [0.29, 0.717) is 48.2 Å². The lowest BCUT2D eigenvalue weighted by Gasteiger charge is -2.42. The van der Waals surface area contributed by atoms with E-state index in [9.17, 15) is 40.3 Å². The van der Waals surface area contributed by atoms with Crippen molar-refractivity contribution in [1.82, 2.24) is 30.0 Å². The van der Waals surface area contributed by atoms with Gasteiger partial charge in [0.05, 0.1) is 46.8 Å². The number of ether oxygens (including phenoxy) is 1. The Morgan fingerprint density at radius 2 is 1.61 bits per heavy atom. The Kier molecular flexibility index (Phi) is 10.6. The van der Waals surface area contributed by atoms with Crippen molar-refractivity contribution in [2.75, 3.05) is 44.3 Å². The Morgan fingerprint density at radius 3 is 2.25 bits per heavy atom. The largest absolute Gasteiger partial charge is 0.378 e. The van der Waals surface area contributed by atoms with E-state index in [-0.39, 0.29) is 32.7 Å². The molecule has 5 heterocycles. The van der Waals surface area contributed by atoms with Gasteiger partial charge in [-0.2, -0.15) is 18.9 Å². The number of carbonyl (C=O) groups is 2. The number of anilines is 1. The third kappa shape index (κ3) is 7.94. The highest BCUT2D eigenvalue weighted by molar-refractivity contribution is 7.22. The Balaban J connectivity index is 1.22. The fourth-order valence-corrected chi connectivity index (χ4v) is 8.69. The maximum Gasteiger partial charge on any atom is 0.290 e. The molecule has 3 aromatic heterocycles. The Morgan fingerprint density at radius 1 is 0.915 bits per heavy atom. The van der Waals surface area contributed by atoms with Crippen molar-refractivity contribution in [2.24, 2.45) is 5.73 Å². The van der Waals surface area contributed by atoms with Gasteiger partial charge in [0.15, 0.2) is 10.8 Å². The number of hydrogen-bond acceptors (Lipinski definition) is 9. The second-order valence-corrected chi connectivity index (χ2v) is 15.6. The number of pyridine rings is 1. The summed E-state index contributed by atoms with van der Waals surface area (Å²) in [6, 6.07) is 6.43. The predicted octanol–water partition coefficient (Wildman–Crippen LogP) is 6.61. The van der Waals surface area contributed by atoms with Gasteiger partial charge in [-0.15, -0.1) is 0 Å². The van der Waals surface area contributed by atoms with Crippen LogP contribution in [0, 0.1) is 17.5 Å². The zero-order valence-electron chi connectivity index (χ0n) is 30.6. The number of carbonyl (C=O) groups excluding carboxylic acids is 2. The SMILES string of the molecule is NC(=O)c1cc(-c2cc3sc(N4CCN(C5COC5)CC4)nc3nc2[C@H](Cc2cc(F)cc(F)c2)NC(=O)Cn2nc(C(F)F)c3c2C(F)(F)CCC3(F)F)ccc1F. The molecule has 11 nitrogen and oxygen atoms in total. The molecule has 0 saturated carbocycles. The number of fused-ring (bicyclic) bond motifs is 2. The molecule has 0 radical (unpaired) electrons. The number of primary amides is 1. The van der Waals surface area contributed by atoms with Crippen LogP contribution in [0.15, 0.2) is 42.5 Å². The molecule has 3 N–H and O–H groups in total. The number of benzene rings is 2. The Hall–Kier alpha value is -5.28. The van der Waals surface area contributed by atoms with Gasteiger partial charge < -0.3 is 20.7 Å². The predicted molar refractivity (Wildman–Crippen MR) is 195 cm³/mol. The lowest BCUT2D eigenvalue weighted by Crippen LogP contribution is -2.56. The number of halogens is 9. The molecule has 1 atom stereocenters. The standard InChI is InChI=1S/C38H33F9N8O3S/c39-20-9-18(10-21(40)13-20)11-26(49-28(56)15-55-32-29(31(52-55)33(42)43)37(44,45)3-4-38(32,46)47)30-23(19-1-2-25(41)24(12-19)34(48)57)14-27-35(50-30)51-36(59-27)54-7-5-53(6-8-54)22-16-58-17-22/h1-2,9-10,12-14,22,26,33H,3-8,11,15-17H2,(H2,48,57)(H,49,56)/t26-/m0/s1. The van der Waals surface area contributed by atoms with Gasteiger partial charge in [-0.1, -0.05) is 17.4 Å². The summed E-state index contributed by atoms with van der Waals surface area (Å²) in [7, 11) is 0. The molecule has 59 heavy (non-hydrogen) atoms. The monoisotopic (exact) mass is 852 g/mol. The normalized spacial score (nSPS) is 18.5. The summed E-state index contributed by atoms with van der Waals surface area (Å²) in [4.78, 5) is 39.9. The minimum Gasteiger partial charge on any atom is -0.378 e. The van der Waals surface area contributed by atoms with Crippen LogP contribution in [-0.2, 0) is 34.3 Å². The number of nitrogens with two attached hydrogens (primary N) is 1. The number of nitrogens with one attached hydrogen (secondary N) is 1. The zero-order chi connectivity index (χ0) is 42.0. The van der Waals surface area contributed by atoms with Gasteiger partial charge >= 0.3 is 0 Å². The van der Waals surface area contributed by atoms with Crippen LogP contribution in [0.2, 0.25) is 0 Å². The number of piperazine rings is 1. The van der Waals surface area contributed by atoms with E-state index in [0.717, 1.165) is 37.4 Å². The fourth-order valence-electron chi connectivity index (χ4n) is 7.69. The van der Waals surface area contributed by atoms with Crippen molar-refractivity contribution in [2.45, 2.75) is 56.2 Å². The second-order valence-electron chi connectivity index (χ2n) is 14.6. The molecule has 0 unspecified atom stereocenters. The Labute approximate surface area is 332 Å². The summed E-state index contributed by atoms with van der Waals surface area (Å²) in [5, 5.41) is 6.47. The van der Waals surface area contributed by atoms with Crippen LogP contribution in [0.4, 0.5) is 44.6 Å². The smallest absolute Gasteiger partial charge is 0.290 e. The van der Waals surface area contributed by atoms with E-state index in [1.165, 1.54) is 17.4 Å². The average Bonchev–Trinajstić information content (AvgIpc) is 3.75. The molecule has 21 heteroatoms. The van der Waals surface area contributed by atoms with Crippen LogP contribution in [0.25, 0.3) is 21.5 Å². The third-order valence-electron chi connectivity index (χ3n) is 10.6. The van der Waals surface area contributed by atoms with Gasteiger partial charge in [-0.05, 0) is 47.9 Å². The lowest BCUT2D eigenvalue weighted by molar-refractivity contribution is -0.123. The fraction of sp³-hybridized carbons (Fsp3) is 0.395. The molecule has 312 valence electrons. The van der Waals surface area contributed by atoms with Crippen LogP contribution in [0.3, 0.4) is 0 Å². The first kappa shape index (κ1) is 40.5. The first-order valence-corrected chi connectivity index (χ1v) is 19.2. The van der Waals surface area contributed by atoms with E-state index < -0.39 is 102 Å². The molecule has 2 aromatic carbocycles. The van der Waals surface area contributed by atoms with Crippen LogP contribution < -0.4 is 16.0 Å². The quantitative estimate of drug-likeness (QED) is 0.142. The van der Waals surface area contributed by atoms with E-state index in [1.807, 2.05) is 0 Å². The average molecular weight is 853 g/mol. The van der Waals surface area contributed by atoms with Crippen molar-refractivity contribution >= 4 is 38.6 Å². The van der Waals surface area contributed by atoms with Gasteiger partial charge in [-0.3, -0.25) is 19.2 Å². The Bertz CT molecular complexity index is 2430. The molecule has 2 saturated heterocycles. The summed E-state index contributed by atoms with van der Waals surface area (Å²) in [5.41, 5.74) is 0.540. The first-order chi connectivity index (χ1) is 28.0. The maximum atomic E-state index is 15.2. The molecule has 1 aliphatic carbocycles. The number of amides is 2. The van der Waals surface area contributed by atoms with E-state index in [4.69, 9.17) is 20.4 Å². The molecule has 3 aliphatic rings. The highest BCUT2D eigenvalue weighted by Crippen LogP contribution is 2.52. The summed E-state index contributed by atoms with van der Waals surface area (Å²) < 4.78 is 138. The molecule has 0 spiro atoms. The zero-order valence-corrected chi connectivity index (χ0v) is 31.5. The molecular formula is C38H33F9N8O3S. The third-order valence-corrected chi connectivity index (χ3v) is 11.7. The van der Waals surface area contributed by atoms with Gasteiger partial charge in [0.25, 0.3) is 24.2 Å². The molecule has 8 rings (SSSR count). The summed E-state index contributed by atoms with van der Waals surface area (Å²) in [6.07, 6.45) is -6.96. The van der Waals surface area contributed by atoms with Crippen molar-refractivity contribution in [3.05, 3.63) is 93.7 Å². The van der Waals surface area contributed by atoms with Crippen molar-refractivity contribution in [3.63, 3.8) is 0 Å². The minimum absolute atomic E-state index is 0.0334. The van der Waals surface area contributed by atoms with Crippen molar-refractivity contribution in [3.8, 4) is 11.1 Å². The van der Waals surface area contributed by atoms with E-state index in [1.54, 1.807) is 6.07 Å². The maximum absolute atomic E-state index is 15.2. The molecular weight excluding hydrogens is 820 g/mol. The topological polar surface area (TPSA) is 132 Å². The van der Waals surface area contributed by atoms with Gasteiger partial charge in [0.1, 0.15) is 35.4 Å². The first-order valence-electron chi connectivity index (χ1n) is 18.3. The minimum atomic E-state index is -4.10. The second kappa shape index (κ2) is 15.4. The van der Waals surface area contributed by atoms with E-state index in [2.05, 4.69) is 20.2 Å². The number of nitrogens with zero attached hydrogens (tertiary/aromatic N) is 6. The number of alkyl halides is 6. The highest BCUT2D eigenvalue weighted by atomic mass is 32.1. The summed E-state index contributed by atoms with van der Waals surface area (Å²) in [6.45, 7) is 2.76. The number of aromatic nitrogens is 4. The number of hydrogen-bond donors (Lipinski definition) is 2. The summed E-state index contributed by atoms with van der Waals surface area (Å²) >= 11 is 1.27. The summed E-state index contributed by atoms with van der Waals surface area (Å²) in [5.74, 6) is -13.4. The highest BCUT2D eigenvalue weighted by Gasteiger charge is 2.55. The lowest BCUT2D eigenvalue weighted by atomic mass is 9.89. The van der Waals surface area contributed by atoms with Gasteiger partial charge in [0, 0.05) is 50.7 Å². The molecule has 2 amide bonds. The van der Waals surface area contributed by atoms with Crippen molar-refractivity contribution in [1.29, 1.82) is 0 Å². The van der Waals surface area contributed by atoms with Crippen LogP contribution in [-0.4, -0.2) is 81.9 Å². The van der Waals surface area contributed by atoms with Crippen LogP contribution >= 0.6 is 11.3 Å². The number of thiazole rings is 1. The molecule has 2 fully saturated rings.